The number of nitrogens with one attached hydrogen (secondary N) is 2. The van der Waals surface area contributed by atoms with E-state index in [0.29, 0.717) is 18.4 Å². The molecule has 0 aliphatic carbocycles. The van der Waals surface area contributed by atoms with Crippen molar-refractivity contribution in [2.24, 2.45) is 5.92 Å². The quantitative estimate of drug-likeness (QED) is 0.852. The van der Waals surface area contributed by atoms with Crippen LogP contribution in [0.15, 0.2) is 18.2 Å². The van der Waals surface area contributed by atoms with Gasteiger partial charge in [0.05, 0.1) is 11.0 Å². The number of nitrogens with zero attached hydrogens (tertiary/aromatic N) is 3. The summed E-state index contributed by atoms with van der Waals surface area (Å²) in [5.41, 5.74) is 3.04. The molecule has 27 heavy (non-hydrogen) atoms. The summed E-state index contributed by atoms with van der Waals surface area (Å²) in [6.07, 6.45) is 2.83. The van der Waals surface area contributed by atoms with Gasteiger partial charge in [-0.1, -0.05) is 19.9 Å². The van der Waals surface area contributed by atoms with E-state index >= 15 is 0 Å². The first kappa shape index (κ1) is 17.2. The zero-order chi connectivity index (χ0) is 18.6. The zero-order valence-corrected chi connectivity index (χ0v) is 16.3. The van der Waals surface area contributed by atoms with Gasteiger partial charge in [0.25, 0.3) is 0 Å². The van der Waals surface area contributed by atoms with E-state index < -0.39 is 0 Å². The van der Waals surface area contributed by atoms with Gasteiger partial charge in [-0.05, 0) is 30.9 Å². The Morgan fingerprint density at radius 3 is 2.74 bits per heavy atom. The summed E-state index contributed by atoms with van der Waals surface area (Å²) in [6.45, 7) is 9.45. The van der Waals surface area contributed by atoms with Gasteiger partial charge < -0.3 is 20.1 Å². The Bertz CT molecular complexity index is 868. The number of hydrogen-bond donors (Lipinski definition) is 2. The number of piperidine rings is 1. The van der Waals surface area contributed by atoms with Crippen LogP contribution in [0, 0.1) is 5.92 Å². The SMILES string of the molecule is CC(C)C1CNC2(CCN(c3nc4cccc5c4n3CCC5=O)CC2)CN1. The number of imidazole rings is 1. The second kappa shape index (κ2) is 6.31. The first-order chi connectivity index (χ1) is 13.1. The van der Waals surface area contributed by atoms with Gasteiger partial charge in [0, 0.05) is 56.3 Å². The minimum absolute atomic E-state index is 0.219. The minimum Gasteiger partial charge on any atom is -0.342 e. The fraction of sp³-hybridized carbons (Fsp3) is 0.619. The summed E-state index contributed by atoms with van der Waals surface area (Å²) in [7, 11) is 0. The molecule has 4 heterocycles. The highest BCUT2D eigenvalue weighted by Gasteiger charge is 2.39. The van der Waals surface area contributed by atoms with Crippen LogP contribution >= 0.6 is 0 Å². The smallest absolute Gasteiger partial charge is 0.206 e. The second-order valence-corrected chi connectivity index (χ2v) is 8.79. The van der Waals surface area contributed by atoms with Crippen molar-refractivity contribution in [3.05, 3.63) is 23.8 Å². The number of carbonyl (C=O) groups is 1. The van der Waals surface area contributed by atoms with Crippen molar-refractivity contribution in [2.45, 2.75) is 51.2 Å². The molecule has 3 aliphatic heterocycles. The third-order valence-electron chi connectivity index (χ3n) is 6.82. The van der Waals surface area contributed by atoms with Crippen LogP contribution in [0.4, 0.5) is 5.95 Å². The molecule has 0 saturated carbocycles. The lowest BCUT2D eigenvalue weighted by Gasteiger charge is -2.48. The summed E-state index contributed by atoms with van der Waals surface area (Å²) >= 11 is 0. The molecular formula is C21H29N5O. The largest absolute Gasteiger partial charge is 0.342 e. The third-order valence-corrected chi connectivity index (χ3v) is 6.82. The maximum Gasteiger partial charge on any atom is 0.206 e. The summed E-state index contributed by atoms with van der Waals surface area (Å²) in [5, 5.41) is 7.62. The van der Waals surface area contributed by atoms with E-state index in [2.05, 4.69) is 33.9 Å². The zero-order valence-electron chi connectivity index (χ0n) is 16.3. The Kier molecular flexibility index (Phi) is 4.02. The molecule has 0 bridgehead atoms. The molecule has 0 radical (unpaired) electrons. The van der Waals surface area contributed by atoms with Crippen LogP contribution < -0.4 is 15.5 Å². The number of ketones is 1. The molecule has 2 saturated heterocycles. The fourth-order valence-corrected chi connectivity index (χ4v) is 4.95. The molecule has 1 aromatic heterocycles. The molecule has 2 N–H and O–H groups in total. The normalized spacial score (nSPS) is 24.9. The van der Waals surface area contributed by atoms with Gasteiger partial charge in [0.1, 0.15) is 0 Å². The van der Waals surface area contributed by atoms with Crippen LogP contribution in [0.5, 0.6) is 0 Å². The van der Waals surface area contributed by atoms with Gasteiger partial charge in [-0.3, -0.25) is 4.79 Å². The number of Topliss-reactive ketones (excluding diaryl/α,β-unsaturated/α-hetero) is 1. The Hall–Kier alpha value is -1.92. The standard InChI is InChI=1S/C21H29N5O/c1-14(2)17-12-23-21(13-22-17)7-10-25(11-8-21)20-24-16-5-3-4-15-18(27)6-9-26(20)19(15)16/h3-5,14,17,22-23H,6-13H2,1-2H3. The van der Waals surface area contributed by atoms with E-state index in [1.54, 1.807) is 0 Å². The Labute approximate surface area is 160 Å². The lowest BCUT2D eigenvalue weighted by molar-refractivity contribution is 0.0973. The lowest BCUT2D eigenvalue weighted by Crippen LogP contribution is -2.67. The Morgan fingerprint density at radius 1 is 1.22 bits per heavy atom. The van der Waals surface area contributed by atoms with Gasteiger partial charge >= 0.3 is 0 Å². The van der Waals surface area contributed by atoms with Gasteiger partial charge in [-0.25, -0.2) is 4.98 Å². The summed E-state index contributed by atoms with van der Waals surface area (Å²) in [4.78, 5) is 19.6. The van der Waals surface area contributed by atoms with Gasteiger partial charge in [0.15, 0.2) is 5.78 Å². The van der Waals surface area contributed by atoms with Gasteiger partial charge in [-0.2, -0.15) is 0 Å². The maximum absolute atomic E-state index is 12.3. The van der Waals surface area contributed by atoms with Crippen LogP contribution in [-0.2, 0) is 6.54 Å². The predicted octanol–water partition coefficient (Wildman–Crippen LogP) is 2.18. The van der Waals surface area contributed by atoms with Crippen molar-refractivity contribution < 1.29 is 4.79 Å². The van der Waals surface area contributed by atoms with Crippen molar-refractivity contribution in [3.8, 4) is 0 Å². The van der Waals surface area contributed by atoms with E-state index in [1.165, 1.54) is 0 Å². The number of carbonyl (C=O) groups excluding carboxylic acids is 1. The van der Waals surface area contributed by atoms with Crippen molar-refractivity contribution in [1.82, 2.24) is 20.2 Å². The van der Waals surface area contributed by atoms with Crippen molar-refractivity contribution in [2.75, 3.05) is 31.1 Å². The van der Waals surface area contributed by atoms with Crippen molar-refractivity contribution in [3.63, 3.8) is 0 Å². The number of aromatic nitrogens is 2. The summed E-state index contributed by atoms with van der Waals surface area (Å²) in [5.74, 6) is 1.95. The van der Waals surface area contributed by atoms with Crippen LogP contribution in [0.2, 0.25) is 0 Å². The molecule has 6 heteroatoms. The highest BCUT2D eigenvalue weighted by Crippen LogP contribution is 2.33. The third kappa shape index (κ3) is 2.77. The second-order valence-electron chi connectivity index (χ2n) is 8.79. The molecule has 1 atom stereocenters. The van der Waals surface area contributed by atoms with Crippen LogP contribution in [0.3, 0.4) is 0 Å². The van der Waals surface area contributed by atoms with Crippen LogP contribution in [0.1, 0.15) is 43.5 Å². The number of para-hydroxylation sites is 1. The molecule has 3 aliphatic rings. The van der Waals surface area contributed by atoms with E-state index in [-0.39, 0.29) is 11.3 Å². The van der Waals surface area contributed by atoms with Gasteiger partial charge in [0.2, 0.25) is 5.95 Å². The minimum atomic E-state index is 0.219. The van der Waals surface area contributed by atoms with E-state index in [4.69, 9.17) is 4.98 Å². The van der Waals surface area contributed by atoms with Crippen LogP contribution in [0.25, 0.3) is 11.0 Å². The molecule has 2 aromatic rings. The molecule has 5 rings (SSSR count). The van der Waals surface area contributed by atoms with Gasteiger partial charge in [-0.15, -0.1) is 0 Å². The fourth-order valence-electron chi connectivity index (χ4n) is 4.95. The number of aryl methyl sites for hydroxylation is 1. The molecular weight excluding hydrogens is 338 g/mol. The maximum atomic E-state index is 12.3. The predicted molar refractivity (Wildman–Crippen MR) is 107 cm³/mol. The first-order valence-corrected chi connectivity index (χ1v) is 10.3. The molecule has 6 nitrogen and oxygen atoms in total. The van der Waals surface area contributed by atoms with Crippen molar-refractivity contribution in [1.29, 1.82) is 0 Å². The average Bonchev–Trinajstić information content (AvgIpc) is 3.06. The number of piperazine rings is 1. The average molecular weight is 367 g/mol. The Morgan fingerprint density at radius 2 is 2.04 bits per heavy atom. The Balaban J connectivity index is 1.36. The number of hydrogen-bond acceptors (Lipinski definition) is 5. The molecule has 144 valence electrons. The van der Waals surface area contributed by atoms with Crippen molar-refractivity contribution >= 4 is 22.8 Å². The molecule has 1 aromatic carbocycles. The molecule has 0 amide bonds. The molecule has 1 unspecified atom stereocenters. The topological polar surface area (TPSA) is 62.2 Å². The molecule has 1 spiro atoms. The van der Waals surface area contributed by atoms with Crippen LogP contribution in [-0.4, -0.2) is 53.1 Å². The summed E-state index contributed by atoms with van der Waals surface area (Å²) in [6, 6.07) is 6.50. The lowest BCUT2D eigenvalue weighted by atomic mass is 9.84. The highest BCUT2D eigenvalue weighted by molar-refractivity contribution is 6.08. The first-order valence-electron chi connectivity index (χ1n) is 10.3. The highest BCUT2D eigenvalue weighted by atomic mass is 16.1. The van der Waals surface area contributed by atoms with E-state index in [1.807, 2.05) is 18.2 Å². The number of benzene rings is 1. The summed E-state index contributed by atoms with van der Waals surface area (Å²) < 4.78 is 2.27. The van der Waals surface area contributed by atoms with E-state index in [0.717, 1.165) is 68.1 Å². The number of rotatable bonds is 2. The number of anilines is 1. The monoisotopic (exact) mass is 367 g/mol. The van der Waals surface area contributed by atoms with E-state index in [9.17, 15) is 4.79 Å². The molecule has 2 fully saturated rings.